The van der Waals surface area contributed by atoms with Crippen LogP contribution in [0.2, 0.25) is 0 Å². The van der Waals surface area contributed by atoms with E-state index in [2.05, 4.69) is 27.3 Å². The Morgan fingerprint density at radius 1 is 1.00 bits per heavy atom. The summed E-state index contributed by atoms with van der Waals surface area (Å²) in [5, 5.41) is 2.84. The maximum absolute atomic E-state index is 12.8. The second-order valence-corrected chi connectivity index (χ2v) is 9.19. The first kappa shape index (κ1) is 18.2. The van der Waals surface area contributed by atoms with Gasteiger partial charge in [0, 0.05) is 16.3 Å². The first-order valence-electron chi connectivity index (χ1n) is 8.01. The molecule has 0 aliphatic heterocycles. The standard InChI is InChI=1S/C20H18BrNOS2/c21-18-12-11-17(24-18)13-14-22-20(23)19(15-7-3-1-4-8-15)25-16-9-5-2-6-10-16/h1-12,19H,13-14H2,(H,22,23). The second kappa shape index (κ2) is 9.22. The van der Waals surface area contributed by atoms with Crippen molar-refractivity contribution in [2.24, 2.45) is 0 Å². The Hall–Kier alpha value is -1.56. The van der Waals surface area contributed by atoms with Crippen LogP contribution in [-0.2, 0) is 11.2 Å². The van der Waals surface area contributed by atoms with Crippen molar-refractivity contribution in [3.8, 4) is 0 Å². The minimum atomic E-state index is -0.251. The number of hydrogen-bond acceptors (Lipinski definition) is 3. The molecule has 5 heteroatoms. The highest BCUT2D eigenvalue weighted by molar-refractivity contribution is 9.11. The summed E-state index contributed by atoms with van der Waals surface area (Å²) in [5.41, 5.74) is 1.02. The molecule has 1 atom stereocenters. The minimum absolute atomic E-state index is 0.0516. The van der Waals surface area contributed by atoms with Gasteiger partial charge in [0.25, 0.3) is 0 Å². The van der Waals surface area contributed by atoms with Crippen molar-refractivity contribution in [3.05, 3.63) is 87.0 Å². The van der Waals surface area contributed by atoms with Gasteiger partial charge in [0.2, 0.25) is 5.91 Å². The number of nitrogens with one attached hydrogen (secondary N) is 1. The van der Waals surface area contributed by atoms with Crippen LogP contribution in [-0.4, -0.2) is 12.5 Å². The molecule has 0 saturated carbocycles. The molecule has 1 heterocycles. The van der Waals surface area contributed by atoms with Gasteiger partial charge < -0.3 is 5.32 Å². The molecule has 1 aromatic heterocycles. The van der Waals surface area contributed by atoms with Crippen molar-refractivity contribution in [1.82, 2.24) is 5.32 Å². The third kappa shape index (κ3) is 5.46. The van der Waals surface area contributed by atoms with E-state index in [1.165, 1.54) is 4.88 Å². The summed E-state index contributed by atoms with van der Waals surface area (Å²) in [6.07, 6.45) is 0.847. The molecular formula is C20H18BrNOS2. The fourth-order valence-electron chi connectivity index (χ4n) is 2.42. The van der Waals surface area contributed by atoms with Gasteiger partial charge in [-0.25, -0.2) is 0 Å². The van der Waals surface area contributed by atoms with E-state index in [4.69, 9.17) is 0 Å². The fraction of sp³-hybridized carbons (Fsp3) is 0.150. The van der Waals surface area contributed by atoms with Crippen LogP contribution in [0.15, 0.2) is 81.5 Å². The van der Waals surface area contributed by atoms with Crippen molar-refractivity contribution in [3.63, 3.8) is 0 Å². The van der Waals surface area contributed by atoms with E-state index in [0.29, 0.717) is 6.54 Å². The molecular weight excluding hydrogens is 414 g/mol. The van der Waals surface area contributed by atoms with Gasteiger partial charge in [-0.15, -0.1) is 23.1 Å². The van der Waals surface area contributed by atoms with Crippen molar-refractivity contribution in [1.29, 1.82) is 0 Å². The summed E-state index contributed by atoms with van der Waals surface area (Å²) in [7, 11) is 0. The van der Waals surface area contributed by atoms with Crippen LogP contribution >= 0.6 is 39.0 Å². The first-order valence-corrected chi connectivity index (χ1v) is 10.5. The fourth-order valence-corrected chi connectivity index (χ4v) is 4.98. The zero-order valence-electron chi connectivity index (χ0n) is 13.5. The Morgan fingerprint density at radius 2 is 1.68 bits per heavy atom. The Balaban J connectivity index is 1.66. The predicted molar refractivity (Wildman–Crippen MR) is 110 cm³/mol. The normalized spacial score (nSPS) is 11.9. The van der Waals surface area contributed by atoms with E-state index in [9.17, 15) is 4.79 Å². The lowest BCUT2D eigenvalue weighted by molar-refractivity contribution is -0.120. The van der Waals surface area contributed by atoms with Gasteiger partial charge in [-0.1, -0.05) is 48.5 Å². The molecule has 0 fully saturated rings. The molecule has 3 aromatic rings. The van der Waals surface area contributed by atoms with E-state index < -0.39 is 0 Å². The highest BCUT2D eigenvalue weighted by Crippen LogP contribution is 2.35. The number of halogens is 1. The number of carbonyl (C=O) groups excluding carboxylic acids is 1. The number of thiophene rings is 1. The van der Waals surface area contributed by atoms with Gasteiger partial charge in [0.05, 0.1) is 3.79 Å². The second-order valence-electron chi connectivity index (χ2n) is 5.47. The summed E-state index contributed by atoms with van der Waals surface area (Å²) in [4.78, 5) is 15.2. The molecule has 3 rings (SSSR count). The highest BCUT2D eigenvalue weighted by atomic mass is 79.9. The van der Waals surface area contributed by atoms with Gasteiger partial charge in [-0.05, 0) is 52.2 Å². The third-order valence-corrected chi connectivity index (χ3v) is 6.59. The van der Waals surface area contributed by atoms with Crippen LogP contribution in [0.5, 0.6) is 0 Å². The molecule has 2 aromatic carbocycles. The Kier molecular flexibility index (Phi) is 6.73. The molecule has 1 unspecified atom stereocenters. The summed E-state index contributed by atoms with van der Waals surface area (Å²) >= 11 is 6.76. The van der Waals surface area contributed by atoms with Crippen LogP contribution in [0.25, 0.3) is 0 Å². The third-order valence-electron chi connectivity index (χ3n) is 3.64. The molecule has 0 saturated heterocycles. The molecule has 0 aliphatic rings. The molecule has 128 valence electrons. The number of amides is 1. The first-order chi connectivity index (χ1) is 12.2. The SMILES string of the molecule is O=C(NCCc1ccc(Br)s1)C(Sc1ccccc1)c1ccccc1. The van der Waals surface area contributed by atoms with Gasteiger partial charge in [0.1, 0.15) is 5.25 Å². The largest absolute Gasteiger partial charge is 0.354 e. The monoisotopic (exact) mass is 431 g/mol. The summed E-state index contributed by atoms with van der Waals surface area (Å²) in [6, 6.07) is 24.1. The Morgan fingerprint density at radius 3 is 2.32 bits per heavy atom. The molecule has 1 amide bonds. The van der Waals surface area contributed by atoms with Gasteiger partial charge in [-0.2, -0.15) is 0 Å². The van der Waals surface area contributed by atoms with E-state index in [-0.39, 0.29) is 11.2 Å². The molecule has 25 heavy (non-hydrogen) atoms. The van der Waals surface area contributed by atoms with Crippen molar-refractivity contribution < 1.29 is 4.79 Å². The highest BCUT2D eigenvalue weighted by Gasteiger charge is 2.21. The quantitative estimate of drug-likeness (QED) is 0.485. The minimum Gasteiger partial charge on any atom is -0.354 e. The van der Waals surface area contributed by atoms with Crippen molar-refractivity contribution in [2.75, 3.05) is 6.54 Å². The summed E-state index contributed by atoms with van der Waals surface area (Å²) in [5.74, 6) is 0.0516. The molecule has 0 radical (unpaired) electrons. The number of rotatable bonds is 7. The van der Waals surface area contributed by atoms with E-state index in [0.717, 1.165) is 20.7 Å². The number of benzene rings is 2. The van der Waals surface area contributed by atoms with Crippen LogP contribution in [0.1, 0.15) is 15.7 Å². The van der Waals surface area contributed by atoms with Crippen LogP contribution in [0.4, 0.5) is 0 Å². The molecule has 2 nitrogen and oxygen atoms in total. The van der Waals surface area contributed by atoms with Crippen LogP contribution in [0, 0.1) is 0 Å². The van der Waals surface area contributed by atoms with E-state index in [1.54, 1.807) is 23.1 Å². The van der Waals surface area contributed by atoms with Gasteiger partial charge in [0.15, 0.2) is 0 Å². The van der Waals surface area contributed by atoms with Crippen LogP contribution < -0.4 is 5.32 Å². The molecule has 1 N–H and O–H groups in total. The smallest absolute Gasteiger partial charge is 0.238 e. The van der Waals surface area contributed by atoms with Crippen LogP contribution in [0.3, 0.4) is 0 Å². The average molecular weight is 432 g/mol. The molecule has 0 aliphatic carbocycles. The zero-order chi connectivity index (χ0) is 17.5. The lowest BCUT2D eigenvalue weighted by atomic mass is 10.1. The molecule has 0 spiro atoms. The Labute approximate surface area is 164 Å². The summed E-state index contributed by atoms with van der Waals surface area (Å²) < 4.78 is 1.12. The zero-order valence-corrected chi connectivity index (χ0v) is 16.7. The number of hydrogen-bond donors (Lipinski definition) is 1. The molecule has 0 bridgehead atoms. The van der Waals surface area contributed by atoms with E-state index in [1.807, 2.05) is 66.7 Å². The lowest BCUT2D eigenvalue weighted by Gasteiger charge is -2.17. The average Bonchev–Trinajstić information content (AvgIpc) is 3.06. The maximum Gasteiger partial charge on any atom is 0.238 e. The van der Waals surface area contributed by atoms with Gasteiger partial charge >= 0.3 is 0 Å². The lowest BCUT2D eigenvalue weighted by Crippen LogP contribution is -2.29. The number of carbonyl (C=O) groups is 1. The topological polar surface area (TPSA) is 29.1 Å². The Bertz CT molecular complexity index is 805. The number of thioether (sulfide) groups is 1. The van der Waals surface area contributed by atoms with Crippen molar-refractivity contribution >= 4 is 44.9 Å². The van der Waals surface area contributed by atoms with E-state index >= 15 is 0 Å². The maximum atomic E-state index is 12.8. The van der Waals surface area contributed by atoms with Gasteiger partial charge in [-0.3, -0.25) is 4.79 Å². The predicted octanol–water partition coefficient (Wildman–Crippen LogP) is 5.70. The summed E-state index contributed by atoms with van der Waals surface area (Å²) in [6.45, 7) is 0.643. The van der Waals surface area contributed by atoms with Crippen molar-refractivity contribution in [2.45, 2.75) is 16.6 Å².